The molecule has 0 spiro atoms. The number of hydrogen-bond acceptors (Lipinski definition) is 4. The highest BCUT2D eigenvalue weighted by molar-refractivity contribution is 7.89. The number of ether oxygens (including phenoxy) is 1. The first-order valence-electron chi connectivity index (χ1n) is 5.83. The smallest absolute Gasteiger partial charge is 0.218 e. The molecule has 2 atom stereocenters. The standard InChI is InChI=1S/C10H22N2O3S/c1-3-10(7-11)16(13,14)12-5-4-6-15-9(2)8-12/h9-10H,3-8,11H2,1-2H3. The molecule has 0 aromatic heterocycles. The molecule has 0 aromatic rings. The van der Waals surface area contributed by atoms with Gasteiger partial charge in [0.15, 0.2) is 0 Å². The minimum Gasteiger partial charge on any atom is -0.377 e. The molecule has 16 heavy (non-hydrogen) atoms. The Morgan fingerprint density at radius 1 is 1.56 bits per heavy atom. The molecule has 0 aliphatic carbocycles. The molecular formula is C10H22N2O3S. The Morgan fingerprint density at radius 3 is 2.81 bits per heavy atom. The van der Waals surface area contributed by atoms with Gasteiger partial charge < -0.3 is 10.5 Å². The van der Waals surface area contributed by atoms with Crippen molar-refractivity contribution in [3.05, 3.63) is 0 Å². The van der Waals surface area contributed by atoms with E-state index >= 15 is 0 Å². The molecular weight excluding hydrogens is 228 g/mol. The highest BCUT2D eigenvalue weighted by Crippen LogP contribution is 2.16. The Balaban J connectivity index is 2.80. The van der Waals surface area contributed by atoms with Gasteiger partial charge in [0.1, 0.15) is 0 Å². The van der Waals surface area contributed by atoms with Crippen molar-refractivity contribution in [3.63, 3.8) is 0 Å². The summed E-state index contributed by atoms with van der Waals surface area (Å²) in [5.41, 5.74) is 5.51. The highest BCUT2D eigenvalue weighted by Gasteiger charge is 2.31. The van der Waals surface area contributed by atoms with Gasteiger partial charge in [-0.25, -0.2) is 8.42 Å². The molecule has 0 saturated carbocycles. The molecule has 1 saturated heterocycles. The summed E-state index contributed by atoms with van der Waals surface area (Å²) in [5.74, 6) is 0. The van der Waals surface area contributed by atoms with E-state index in [1.165, 1.54) is 4.31 Å². The lowest BCUT2D eigenvalue weighted by Crippen LogP contribution is -2.44. The molecule has 1 rings (SSSR count). The van der Waals surface area contributed by atoms with Crippen molar-refractivity contribution in [3.8, 4) is 0 Å². The second kappa shape index (κ2) is 5.95. The summed E-state index contributed by atoms with van der Waals surface area (Å²) in [7, 11) is -3.25. The van der Waals surface area contributed by atoms with E-state index in [0.29, 0.717) is 26.1 Å². The number of hydrogen-bond donors (Lipinski definition) is 1. The van der Waals surface area contributed by atoms with Crippen LogP contribution in [0.25, 0.3) is 0 Å². The van der Waals surface area contributed by atoms with Gasteiger partial charge in [-0.2, -0.15) is 4.31 Å². The van der Waals surface area contributed by atoms with Crippen LogP contribution >= 0.6 is 0 Å². The van der Waals surface area contributed by atoms with Crippen LogP contribution in [0.2, 0.25) is 0 Å². The first-order valence-corrected chi connectivity index (χ1v) is 7.33. The van der Waals surface area contributed by atoms with Gasteiger partial charge in [-0.15, -0.1) is 0 Å². The van der Waals surface area contributed by atoms with Crippen LogP contribution in [0.4, 0.5) is 0 Å². The lowest BCUT2D eigenvalue weighted by molar-refractivity contribution is 0.0751. The van der Waals surface area contributed by atoms with Crippen LogP contribution in [-0.2, 0) is 14.8 Å². The van der Waals surface area contributed by atoms with E-state index in [1.807, 2.05) is 13.8 Å². The van der Waals surface area contributed by atoms with Crippen molar-refractivity contribution in [2.75, 3.05) is 26.2 Å². The van der Waals surface area contributed by atoms with Crippen molar-refractivity contribution in [1.82, 2.24) is 4.31 Å². The Bertz CT molecular complexity index is 301. The van der Waals surface area contributed by atoms with Gasteiger partial charge in [0, 0.05) is 26.2 Å². The van der Waals surface area contributed by atoms with Crippen LogP contribution in [0, 0.1) is 0 Å². The zero-order valence-corrected chi connectivity index (χ0v) is 10.9. The predicted molar refractivity (Wildman–Crippen MR) is 63.7 cm³/mol. The Labute approximate surface area is 98.0 Å². The molecule has 6 heteroatoms. The summed E-state index contributed by atoms with van der Waals surface area (Å²) in [6.45, 7) is 5.56. The molecule has 2 unspecified atom stereocenters. The summed E-state index contributed by atoms with van der Waals surface area (Å²) in [6.07, 6.45) is 1.28. The van der Waals surface area contributed by atoms with E-state index in [0.717, 1.165) is 6.42 Å². The monoisotopic (exact) mass is 250 g/mol. The molecule has 2 N–H and O–H groups in total. The average molecular weight is 250 g/mol. The van der Waals surface area contributed by atoms with Gasteiger partial charge >= 0.3 is 0 Å². The van der Waals surface area contributed by atoms with Gasteiger partial charge in [0.05, 0.1) is 11.4 Å². The first kappa shape index (κ1) is 13.9. The van der Waals surface area contributed by atoms with Crippen molar-refractivity contribution < 1.29 is 13.2 Å². The normalized spacial score (nSPS) is 26.3. The maximum Gasteiger partial charge on any atom is 0.218 e. The van der Waals surface area contributed by atoms with Crippen molar-refractivity contribution in [1.29, 1.82) is 0 Å². The molecule has 0 amide bonds. The van der Waals surface area contributed by atoms with E-state index in [9.17, 15) is 8.42 Å². The minimum absolute atomic E-state index is 0.0347. The number of sulfonamides is 1. The molecule has 1 aliphatic heterocycles. The summed E-state index contributed by atoms with van der Waals surface area (Å²) in [6, 6.07) is 0. The third-order valence-corrected chi connectivity index (χ3v) is 5.33. The number of nitrogens with two attached hydrogens (primary N) is 1. The van der Waals surface area contributed by atoms with Gasteiger partial charge in [0.25, 0.3) is 0 Å². The van der Waals surface area contributed by atoms with Crippen LogP contribution < -0.4 is 5.73 Å². The molecule has 0 bridgehead atoms. The molecule has 0 aromatic carbocycles. The van der Waals surface area contributed by atoms with Gasteiger partial charge in [0.2, 0.25) is 10.0 Å². The molecule has 1 aliphatic rings. The highest BCUT2D eigenvalue weighted by atomic mass is 32.2. The maximum atomic E-state index is 12.2. The summed E-state index contributed by atoms with van der Waals surface area (Å²) < 4.78 is 31.4. The molecule has 1 fully saturated rings. The molecule has 0 radical (unpaired) electrons. The Hall–Kier alpha value is -0.170. The average Bonchev–Trinajstić information content (AvgIpc) is 2.44. The van der Waals surface area contributed by atoms with Gasteiger partial charge in [-0.1, -0.05) is 6.92 Å². The third-order valence-electron chi connectivity index (χ3n) is 2.91. The topological polar surface area (TPSA) is 72.6 Å². The lowest BCUT2D eigenvalue weighted by atomic mass is 10.3. The Kier molecular flexibility index (Phi) is 5.17. The van der Waals surface area contributed by atoms with Crippen LogP contribution in [0.1, 0.15) is 26.7 Å². The van der Waals surface area contributed by atoms with E-state index in [1.54, 1.807) is 0 Å². The van der Waals surface area contributed by atoms with E-state index in [2.05, 4.69) is 0 Å². The predicted octanol–water partition coefficient (Wildman–Crippen LogP) is 0.164. The van der Waals surface area contributed by atoms with Crippen molar-refractivity contribution >= 4 is 10.0 Å². The van der Waals surface area contributed by atoms with Crippen LogP contribution in [0.15, 0.2) is 0 Å². The fourth-order valence-electron chi connectivity index (χ4n) is 1.90. The van der Waals surface area contributed by atoms with Gasteiger partial charge in [-0.3, -0.25) is 0 Å². The Morgan fingerprint density at radius 2 is 2.25 bits per heavy atom. The lowest BCUT2D eigenvalue weighted by Gasteiger charge is -2.26. The fraction of sp³-hybridized carbons (Fsp3) is 1.00. The minimum atomic E-state index is -3.25. The summed E-state index contributed by atoms with van der Waals surface area (Å²) in [4.78, 5) is 0. The number of nitrogens with zero attached hydrogens (tertiary/aromatic N) is 1. The van der Waals surface area contributed by atoms with Crippen LogP contribution in [-0.4, -0.2) is 50.3 Å². The molecule has 1 heterocycles. The van der Waals surface area contributed by atoms with E-state index < -0.39 is 15.3 Å². The third kappa shape index (κ3) is 3.16. The van der Waals surface area contributed by atoms with Gasteiger partial charge in [-0.05, 0) is 19.8 Å². The summed E-state index contributed by atoms with van der Waals surface area (Å²) in [5, 5.41) is -0.460. The van der Waals surface area contributed by atoms with Crippen LogP contribution in [0.5, 0.6) is 0 Å². The van der Waals surface area contributed by atoms with Crippen molar-refractivity contribution in [2.24, 2.45) is 5.73 Å². The maximum absolute atomic E-state index is 12.2. The van der Waals surface area contributed by atoms with E-state index in [4.69, 9.17) is 10.5 Å². The number of rotatable bonds is 4. The molecule has 96 valence electrons. The largest absolute Gasteiger partial charge is 0.377 e. The zero-order chi connectivity index (χ0) is 12.2. The van der Waals surface area contributed by atoms with E-state index in [-0.39, 0.29) is 12.6 Å². The summed E-state index contributed by atoms with van der Waals surface area (Å²) >= 11 is 0. The first-order chi connectivity index (χ1) is 7.52. The quantitative estimate of drug-likeness (QED) is 0.771. The second-order valence-corrected chi connectivity index (χ2v) is 6.42. The second-order valence-electron chi connectivity index (χ2n) is 4.20. The molecule has 5 nitrogen and oxygen atoms in total. The zero-order valence-electron chi connectivity index (χ0n) is 10.1. The van der Waals surface area contributed by atoms with Crippen LogP contribution in [0.3, 0.4) is 0 Å². The fourth-order valence-corrected chi connectivity index (χ4v) is 3.78. The SMILES string of the molecule is CCC(CN)S(=O)(=O)N1CCCOC(C)C1. The van der Waals surface area contributed by atoms with Crippen molar-refractivity contribution in [2.45, 2.75) is 38.0 Å².